The van der Waals surface area contributed by atoms with E-state index in [1.54, 1.807) is 24.0 Å². The lowest BCUT2D eigenvalue weighted by molar-refractivity contribution is 0.0985. The molecule has 5 nitrogen and oxygen atoms in total. The highest BCUT2D eigenvalue weighted by Crippen LogP contribution is 2.21. The summed E-state index contributed by atoms with van der Waals surface area (Å²) < 4.78 is 4.95. The molecule has 2 N–H and O–H groups in total. The van der Waals surface area contributed by atoms with Crippen LogP contribution in [0.1, 0.15) is 29.5 Å². The van der Waals surface area contributed by atoms with Gasteiger partial charge in [-0.3, -0.25) is 4.79 Å². The maximum Gasteiger partial charge on any atom is 0.263 e. The number of hydrogen-bond acceptors (Lipinski definition) is 4. The number of aryl methyl sites for hydroxylation is 1. The van der Waals surface area contributed by atoms with E-state index in [-0.39, 0.29) is 5.91 Å². The van der Waals surface area contributed by atoms with E-state index < -0.39 is 0 Å². The van der Waals surface area contributed by atoms with Gasteiger partial charge in [0.2, 0.25) is 0 Å². The van der Waals surface area contributed by atoms with E-state index in [1.165, 1.54) is 6.20 Å². The Hall–Kier alpha value is -2.30. The van der Waals surface area contributed by atoms with Crippen LogP contribution in [0.25, 0.3) is 0 Å². The maximum absolute atomic E-state index is 12.5. The van der Waals surface area contributed by atoms with E-state index in [0.29, 0.717) is 23.6 Å². The van der Waals surface area contributed by atoms with E-state index in [4.69, 9.17) is 10.3 Å². The Bertz CT molecular complexity index is 578. The number of nitrogens with two attached hydrogens (primary N) is 1. The predicted octanol–water partition coefficient (Wildman–Crippen LogP) is 2.62. The van der Waals surface area contributed by atoms with Crippen molar-refractivity contribution in [1.82, 2.24) is 5.16 Å². The molecule has 0 spiro atoms. The summed E-state index contributed by atoms with van der Waals surface area (Å²) in [5.41, 5.74) is 7.67. The molecule has 0 atom stereocenters. The molecule has 0 aliphatic heterocycles. The predicted molar refractivity (Wildman–Crippen MR) is 74.1 cm³/mol. The van der Waals surface area contributed by atoms with Crippen LogP contribution >= 0.6 is 0 Å². The van der Waals surface area contributed by atoms with Crippen LogP contribution in [-0.4, -0.2) is 17.6 Å². The van der Waals surface area contributed by atoms with Gasteiger partial charge in [-0.1, -0.05) is 18.1 Å². The average Bonchev–Trinajstić information content (AvgIpc) is 2.81. The summed E-state index contributed by atoms with van der Waals surface area (Å²) in [6.45, 7) is 4.36. The van der Waals surface area contributed by atoms with E-state index in [1.807, 2.05) is 19.1 Å². The molecule has 0 unspecified atom stereocenters. The van der Waals surface area contributed by atoms with Crippen molar-refractivity contribution in [3.05, 3.63) is 41.8 Å². The van der Waals surface area contributed by atoms with Crippen LogP contribution < -0.4 is 10.6 Å². The third kappa shape index (κ3) is 2.76. The van der Waals surface area contributed by atoms with E-state index in [9.17, 15) is 4.79 Å². The molecule has 1 aromatic carbocycles. The molecule has 0 saturated heterocycles. The number of amides is 1. The molecule has 100 valence electrons. The quantitative estimate of drug-likeness (QED) is 0.857. The zero-order valence-electron chi connectivity index (χ0n) is 11.1. The van der Waals surface area contributed by atoms with Gasteiger partial charge >= 0.3 is 0 Å². The summed E-state index contributed by atoms with van der Waals surface area (Å²) in [6.07, 6.45) is 2.30. The maximum atomic E-state index is 12.5. The Morgan fingerprint density at radius 1 is 1.47 bits per heavy atom. The fraction of sp³-hybridized carbons (Fsp3) is 0.286. The first-order valence-electron chi connectivity index (χ1n) is 6.22. The molecule has 0 saturated carbocycles. The summed E-state index contributed by atoms with van der Waals surface area (Å²) in [5, 5.41) is 3.65. The Balaban J connectivity index is 2.35. The van der Waals surface area contributed by atoms with Crippen molar-refractivity contribution in [3.63, 3.8) is 0 Å². The van der Waals surface area contributed by atoms with Gasteiger partial charge in [0.25, 0.3) is 5.91 Å². The zero-order chi connectivity index (χ0) is 13.8. The molecule has 2 aromatic rings. The topological polar surface area (TPSA) is 72.4 Å². The molecule has 1 heterocycles. The number of nitrogen functional groups attached to an aromatic ring is 1. The summed E-state index contributed by atoms with van der Waals surface area (Å²) in [7, 11) is 0. The molecule has 0 aliphatic carbocycles. The Labute approximate surface area is 112 Å². The number of nitrogens with zero attached hydrogens (tertiary/aromatic N) is 2. The van der Waals surface area contributed by atoms with Crippen molar-refractivity contribution < 1.29 is 9.32 Å². The van der Waals surface area contributed by atoms with Gasteiger partial charge in [0.15, 0.2) is 0 Å². The largest absolute Gasteiger partial charge is 0.399 e. The van der Waals surface area contributed by atoms with Crippen LogP contribution in [0.4, 0.5) is 11.4 Å². The molecule has 19 heavy (non-hydrogen) atoms. The van der Waals surface area contributed by atoms with Gasteiger partial charge in [0, 0.05) is 17.9 Å². The molecular formula is C14H17N3O2. The number of benzene rings is 1. The van der Waals surface area contributed by atoms with Crippen molar-refractivity contribution in [2.75, 3.05) is 17.2 Å². The van der Waals surface area contributed by atoms with E-state index >= 15 is 0 Å². The van der Waals surface area contributed by atoms with Gasteiger partial charge in [0.05, 0.1) is 6.20 Å². The fourth-order valence-electron chi connectivity index (χ4n) is 1.91. The number of hydrogen-bond donors (Lipinski definition) is 1. The molecule has 0 radical (unpaired) electrons. The van der Waals surface area contributed by atoms with Crippen LogP contribution in [0, 0.1) is 6.92 Å². The average molecular weight is 259 g/mol. The van der Waals surface area contributed by atoms with Crippen molar-refractivity contribution in [1.29, 1.82) is 0 Å². The highest BCUT2D eigenvalue weighted by atomic mass is 16.5. The summed E-state index contributed by atoms with van der Waals surface area (Å²) in [5.74, 6) is 0.404. The fourth-order valence-corrected chi connectivity index (χ4v) is 1.91. The summed E-state index contributed by atoms with van der Waals surface area (Å²) >= 11 is 0. The third-order valence-electron chi connectivity index (χ3n) is 2.86. The zero-order valence-corrected chi connectivity index (χ0v) is 11.1. The first-order chi connectivity index (χ1) is 9.13. The number of aromatic nitrogens is 1. The smallest absolute Gasteiger partial charge is 0.263 e. The molecule has 0 bridgehead atoms. The molecule has 5 heteroatoms. The van der Waals surface area contributed by atoms with Crippen LogP contribution in [0.3, 0.4) is 0 Å². The number of rotatable bonds is 4. The minimum Gasteiger partial charge on any atom is -0.399 e. The first-order valence-corrected chi connectivity index (χ1v) is 6.22. The van der Waals surface area contributed by atoms with Crippen molar-refractivity contribution in [2.45, 2.75) is 20.3 Å². The van der Waals surface area contributed by atoms with Gasteiger partial charge < -0.3 is 15.2 Å². The van der Waals surface area contributed by atoms with Gasteiger partial charge in [0.1, 0.15) is 11.3 Å². The first kappa shape index (κ1) is 13.1. The number of carbonyl (C=O) groups is 1. The van der Waals surface area contributed by atoms with Gasteiger partial charge in [-0.15, -0.1) is 0 Å². The van der Waals surface area contributed by atoms with Crippen molar-refractivity contribution >= 4 is 17.3 Å². The number of carbonyl (C=O) groups excluding carboxylic acids is 1. The Morgan fingerprint density at radius 3 is 2.84 bits per heavy atom. The highest BCUT2D eigenvalue weighted by molar-refractivity contribution is 6.06. The van der Waals surface area contributed by atoms with Crippen LogP contribution in [-0.2, 0) is 0 Å². The lowest BCUT2D eigenvalue weighted by Gasteiger charge is -2.22. The van der Waals surface area contributed by atoms with Crippen molar-refractivity contribution in [2.24, 2.45) is 0 Å². The second kappa shape index (κ2) is 5.56. The van der Waals surface area contributed by atoms with Gasteiger partial charge in [-0.2, -0.15) is 0 Å². The Morgan fingerprint density at radius 2 is 2.26 bits per heavy atom. The number of anilines is 2. The third-order valence-corrected chi connectivity index (χ3v) is 2.86. The Kier molecular flexibility index (Phi) is 3.85. The molecular weight excluding hydrogens is 242 g/mol. The highest BCUT2D eigenvalue weighted by Gasteiger charge is 2.21. The van der Waals surface area contributed by atoms with Crippen LogP contribution in [0.15, 0.2) is 35.0 Å². The van der Waals surface area contributed by atoms with Crippen molar-refractivity contribution in [3.8, 4) is 0 Å². The molecule has 2 rings (SSSR count). The van der Waals surface area contributed by atoms with Gasteiger partial charge in [-0.25, -0.2) is 0 Å². The SMILES string of the molecule is CCCN(C(=O)c1cnoc1C)c1cccc(N)c1. The van der Waals surface area contributed by atoms with Crippen LogP contribution in [0.2, 0.25) is 0 Å². The minimum absolute atomic E-state index is 0.119. The molecule has 0 aliphatic rings. The lowest BCUT2D eigenvalue weighted by Crippen LogP contribution is -2.31. The summed E-state index contributed by atoms with van der Waals surface area (Å²) in [6, 6.07) is 7.28. The van der Waals surface area contributed by atoms with E-state index in [0.717, 1.165) is 12.1 Å². The normalized spacial score (nSPS) is 10.4. The molecule has 1 amide bonds. The molecule has 0 fully saturated rings. The van der Waals surface area contributed by atoms with Crippen LogP contribution in [0.5, 0.6) is 0 Å². The monoisotopic (exact) mass is 259 g/mol. The summed E-state index contributed by atoms with van der Waals surface area (Å²) in [4.78, 5) is 14.2. The molecule has 1 aromatic heterocycles. The minimum atomic E-state index is -0.119. The van der Waals surface area contributed by atoms with E-state index in [2.05, 4.69) is 5.16 Å². The second-order valence-corrected chi connectivity index (χ2v) is 4.35. The van der Waals surface area contributed by atoms with Gasteiger partial charge in [-0.05, 0) is 31.5 Å². The lowest BCUT2D eigenvalue weighted by atomic mass is 10.2. The standard InChI is InChI=1S/C14H17N3O2/c1-3-7-17(12-6-4-5-11(15)8-12)14(18)13-9-16-19-10(13)2/h4-6,8-9H,3,7,15H2,1-2H3. The second-order valence-electron chi connectivity index (χ2n) is 4.35.